The van der Waals surface area contributed by atoms with Gasteiger partial charge in [0.1, 0.15) is 0 Å². The first-order valence-electron chi connectivity index (χ1n) is 6.37. The van der Waals surface area contributed by atoms with Crippen LogP contribution in [-0.2, 0) is 9.53 Å². The van der Waals surface area contributed by atoms with E-state index in [1.807, 2.05) is 37.3 Å². The molecule has 0 saturated carbocycles. The molecule has 100 valence electrons. The number of carbonyl (C=O) groups is 1. The van der Waals surface area contributed by atoms with Crippen molar-refractivity contribution in [2.24, 2.45) is 5.73 Å². The van der Waals surface area contributed by atoms with Gasteiger partial charge in [-0.25, -0.2) is 0 Å². The Morgan fingerprint density at radius 2 is 2.11 bits per heavy atom. The fourth-order valence-corrected chi connectivity index (χ4v) is 1.60. The van der Waals surface area contributed by atoms with Gasteiger partial charge in [-0.1, -0.05) is 30.3 Å². The summed E-state index contributed by atoms with van der Waals surface area (Å²) in [6, 6.07) is 10.1. The van der Waals surface area contributed by atoms with E-state index in [4.69, 9.17) is 10.5 Å². The number of hydrogen-bond donors (Lipinski definition) is 2. The van der Waals surface area contributed by atoms with Crippen LogP contribution >= 0.6 is 0 Å². The van der Waals surface area contributed by atoms with Crippen LogP contribution in [0.3, 0.4) is 0 Å². The summed E-state index contributed by atoms with van der Waals surface area (Å²) in [6.45, 7) is 3.70. The van der Waals surface area contributed by atoms with Crippen molar-refractivity contribution in [2.45, 2.75) is 25.9 Å². The summed E-state index contributed by atoms with van der Waals surface area (Å²) in [5, 5.41) is 2.80. The van der Waals surface area contributed by atoms with Gasteiger partial charge in [0.25, 0.3) is 0 Å². The molecular weight excluding hydrogens is 228 g/mol. The topological polar surface area (TPSA) is 64.3 Å². The maximum absolute atomic E-state index is 11.1. The summed E-state index contributed by atoms with van der Waals surface area (Å²) in [5.41, 5.74) is 6.45. The van der Waals surface area contributed by atoms with E-state index in [1.165, 1.54) is 5.56 Å². The molecule has 4 nitrogen and oxygen atoms in total. The van der Waals surface area contributed by atoms with Crippen molar-refractivity contribution in [2.75, 3.05) is 19.7 Å². The maximum Gasteiger partial charge on any atom is 0.221 e. The third kappa shape index (κ3) is 5.80. The number of nitrogens with one attached hydrogen (secondary N) is 1. The fourth-order valence-electron chi connectivity index (χ4n) is 1.60. The number of rotatable bonds is 8. The zero-order chi connectivity index (χ0) is 13.2. The van der Waals surface area contributed by atoms with Crippen LogP contribution in [0.25, 0.3) is 0 Å². The van der Waals surface area contributed by atoms with Crippen LogP contribution in [0.4, 0.5) is 0 Å². The Morgan fingerprint density at radius 1 is 1.39 bits per heavy atom. The third-order valence-corrected chi connectivity index (χ3v) is 2.65. The molecule has 0 aliphatic rings. The zero-order valence-electron chi connectivity index (χ0n) is 10.9. The van der Waals surface area contributed by atoms with Gasteiger partial charge in [-0.3, -0.25) is 4.79 Å². The number of carbonyl (C=O) groups excluding carboxylic acids is 1. The molecule has 4 heteroatoms. The van der Waals surface area contributed by atoms with Gasteiger partial charge in [-0.15, -0.1) is 0 Å². The second-order valence-corrected chi connectivity index (χ2v) is 4.17. The van der Waals surface area contributed by atoms with E-state index in [9.17, 15) is 4.79 Å². The second kappa shape index (κ2) is 8.66. The van der Waals surface area contributed by atoms with Crippen molar-refractivity contribution in [1.29, 1.82) is 0 Å². The molecule has 1 aromatic rings. The zero-order valence-corrected chi connectivity index (χ0v) is 10.9. The van der Waals surface area contributed by atoms with Crippen molar-refractivity contribution in [3.63, 3.8) is 0 Å². The van der Waals surface area contributed by atoms with Crippen molar-refractivity contribution in [3.8, 4) is 0 Å². The third-order valence-electron chi connectivity index (χ3n) is 2.65. The molecule has 0 heterocycles. The molecular formula is C14H22N2O2. The molecule has 18 heavy (non-hydrogen) atoms. The molecule has 1 unspecified atom stereocenters. The maximum atomic E-state index is 11.1. The molecule has 0 fully saturated rings. The van der Waals surface area contributed by atoms with Crippen LogP contribution in [0, 0.1) is 0 Å². The molecule has 1 atom stereocenters. The highest BCUT2D eigenvalue weighted by molar-refractivity contribution is 5.75. The first kappa shape index (κ1) is 14.7. The molecule has 0 bridgehead atoms. The lowest BCUT2D eigenvalue weighted by Gasteiger charge is -2.13. The van der Waals surface area contributed by atoms with Gasteiger partial charge in [0.15, 0.2) is 0 Å². The Bertz CT molecular complexity index is 341. The van der Waals surface area contributed by atoms with Crippen molar-refractivity contribution < 1.29 is 9.53 Å². The normalized spacial score (nSPS) is 12.1. The van der Waals surface area contributed by atoms with E-state index in [0.29, 0.717) is 26.1 Å². The average molecular weight is 250 g/mol. The lowest BCUT2D eigenvalue weighted by atomic mass is 10.1. The van der Waals surface area contributed by atoms with Gasteiger partial charge < -0.3 is 15.8 Å². The standard InChI is InChI=1S/C14H22N2O2/c1-12(13-6-3-2-4-7-13)18-11-5-10-16-14(17)8-9-15/h2-4,6-7,12H,5,8-11,15H2,1H3,(H,16,17). The van der Waals surface area contributed by atoms with Crippen molar-refractivity contribution in [3.05, 3.63) is 35.9 Å². The summed E-state index contributed by atoms with van der Waals surface area (Å²) in [6.07, 6.45) is 1.29. The number of amides is 1. The summed E-state index contributed by atoms with van der Waals surface area (Å²) in [5.74, 6) is 0.00797. The van der Waals surface area contributed by atoms with Gasteiger partial charge in [0.2, 0.25) is 5.91 Å². The average Bonchev–Trinajstić information content (AvgIpc) is 2.39. The minimum atomic E-state index is 0.00797. The molecule has 1 aromatic carbocycles. The molecule has 1 rings (SSSR count). The van der Waals surface area contributed by atoms with Gasteiger partial charge in [0, 0.05) is 26.1 Å². The molecule has 0 aromatic heterocycles. The van der Waals surface area contributed by atoms with E-state index in [-0.39, 0.29) is 12.0 Å². The minimum absolute atomic E-state index is 0.00797. The number of benzene rings is 1. The number of nitrogens with two attached hydrogens (primary N) is 1. The molecule has 0 aliphatic heterocycles. The second-order valence-electron chi connectivity index (χ2n) is 4.17. The number of hydrogen-bond acceptors (Lipinski definition) is 3. The summed E-state index contributed by atoms with van der Waals surface area (Å²) < 4.78 is 5.69. The van der Waals surface area contributed by atoms with Gasteiger partial charge >= 0.3 is 0 Å². The van der Waals surface area contributed by atoms with Crippen LogP contribution in [0.5, 0.6) is 0 Å². The smallest absolute Gasteiger partial charge is 0.221 e. The summed E-state index contributed by atoms with van der Waals surface area (Å²) in [4.78, 5) is 11.1. The first-order valence-corrected chi connectivity index (χ1v) is 6.37. The Hall–Kier alpha value is -1.39. The molecule has 0 radical (unpaired) electrons. The van der Waals surface area contributed by atoms with Crippen LogP contribution in [0.15, 0.2) is 30.3 Å². The van der Waals surface area contributed by atoms with Crippen molar-refractivity contribution >= 4 is 5.91 Å². The van der Waals surface area contributed by atoms with Crippen LogP contribution in [0.1, 0.15) is 31.4 Å². The Morgan fingerprint density at radius 3 is 2.78 bits per heavy atom. The van der Waals surface area contributed by atoms with Crippen LogP contribution in [0.2, 0.25) is 0 Å². The Balaban J connectivity index is 2.09. The predicted molar refractivity (Wildman–Crippen MR) is 72.1 cm³/mol. The highest BCUT2D eigenvalue weighted by Gasteiger charge is 2.04. The molecule has 1 amide bonds. The molecule has 0 spiro atoms. The van der Waals surface area contributed by atoms with Gasteiger partial charge in [-0.2, -0.15) is 0 Å². The lowest BCUT2D eigenvalue weighted by molar-refractivity contribution is -0.120. The Labute approximate surface area is 109 Å². The summed E-state index contributed by atoms with van der Waals surface area (Å²) >= 11 is 0. The predicted octanol–water partition coefficient (Wildman–Crippen LogP) is 1.62. The highest BCUT2D eigenvalue weighted by atomic mass is 16.5. The number of ether oxygens (including phenoxy) is 1. The van der Waals surface area contributed by atoms with Gasteiger partial charge in [0.05, 0.1) is 6.10 Å². The highest BCUT2D eigenvalue weighted by Crippen LogP contribution is 2.15. The lowest BCUT2D eigenvalue weighted by Crippen LogP contribution is -2.27. The largest absolute Gasteiger partial charge is 0.374 e. The van der Waals surface area contributed by atoms with Crippen LogP contribution < -0.4 is 11.1 Å². The Kier molecular flexibility index (Phi) is 7.06. The molecule has 0 saturated heterocycles. The SMILES string of the molecule is CC(OCCCNC(=O)CCN)c1ccccc1. The van der Waals surface area contributed by atoms with E-state index in [1.54, 1.807) is 0 Å². The summed E-state index contributed by atoms with van der Waals surface area (Å²) in [7, 11) is 0. The minimum Gasteiger partial charge on any atom is -0.374 e. The van der Waals surface area contributed by atoms with Crippen molar-refractivity contribution in [1.82, 2.24) is 5.32 Å². The van der Waals surface area contributed by atoms with E-state index in [0.717, 1.165) is 6.42 Å². The van der Waals surface area contributed by atoms with Crippen LogP contribution in [-0.4, -0.2) is 25.6 Å². The monoisotopic (exact) mass is 250 g/mol. The van der Waals surface area contributed by atoms with E-state index in [2.05, 4.69) is 5.32 Å². The van der Waals surface area contributed by atoms with E-state index >= 15 is 0 Å². The van der Waals surface area contributed by atoms with E-state index < -0.39 is 0 Å². The molecule has 3 N–H and O–H groups in total. The van der Waals surface area contributed by atoms with Gasteiger partial charge in [-0.05, 0) is 18.9 Å². The molecule has 0 aliphatic carbocycles. The first-order chi connectivity index (χ1) is 8.74. The quantitative estimate of drug-likeness (QED) is 0.689. The fraction of sp³-hybridized carbons (Fsp3) is 0.500.